The Kier molecular flexibility index (Phi) is 5.57. The number of hydrogen-bond acceptors (Lipinski definition) is 5. The smallest absolute Gasteiger partial charge is 0.335 e. The van der Waals surface area contributed by atoms with Gasteiger partial charge in [0.1, 0.15) is 11.8 Å². The number of hydrogen-bond donors (Lipinski definition) is 1. The zero-order valence-corrected chi connectivity index (χ0v) is 16.3. The summed E-state index contributed by atoms with van der Waals surface area (Å²) in [7, 11) is 0. The Labute approximate surface area is 169 Å². The van der Waals surface area contributed by atoms with E-state index in [1.165, 1.54) is 17.1 Å². The van der Waals surface area contributed by atoms with Gasteiger partial charge in [0.2, 0.25) is 0 Å². The number of halogens is 1. The average Bonchev–Trinajstić information content (AvgIpc) is 2.96. The molecule has 7 nitrogen and oxygen atoms in total. The molecule has 0 aromatic heterocycles. The van der Waals surface area contributed by atoms with Crippen molar-refractivity contribution in [3.05, 3.63) is 63.6 Å². The third-order valence-corrected chi connectivity index (χ3v) is 4.46. The number of hydrazone groups is 1. The Morgan fingerprint density at radius 3 is 2.86 bits per heavy atom. The van der Waals surface area contributed by atoms with Gasteiger partial charge in [-0.2, -0.15) is 15.4 Å². The van der Waals surface area contributed by atoms with E-state index in [0.717, 1.165) is 4.47 Å². The number of benzene rings is 2. The standard InChI is InChI=1S/C20H14BrN3O4/c1-12-17(11-14-9-15(21)5-6-18(14)28-8-7-22)19(25)24(23-12)16-4-2-3-13(10-16)20(26)27/h2-6,9-11H,8H2,1H3,(H,26,27)/b17-11+. The highest BCUT2D eigenvalue weighted by Gasteiger charge is 2.29. The first-order valence-corrected chi connectivity index (χ1v) is 8.94. The quantitative estimate of drug-likeness (QED) is 0.712. The molecule has 0 aliphatic carbocycles. The molecule has 1 aliphatic heterocycles. The molecule has 2 aromatic carbocycles. The summed E-state index contributed by atoms with van der Waals surface area (Å²) in [6.07, 6.45) is 1.64. The number of carboxylic acid groups (broad SMARTS) is 1. The predicted octanol–water partition coefficient (Wildman–Crippen LogP) is 3.86. The van der Waals surface area contributed by atoms with E-state index in [4.69, 9.17) is 15.1 Å². The van der Waals surface area contributed by atoms with Gasteiger partial charge in [0.05, 0.1) is 22.5 Å². The van der Waals surface area contributed by atoms with Crippen LogP contribution in [0.2, 0.25) is 0 Å². The lowest BCUT2D eigenvalue weighted by Gasteiger charge is -2.12. The Hall–Kier alpha value is -3.44. The van der Waals surface area contributed by atoms with Crippen LogP contribution >= 0.6 is 15.9 Å². The second-order valence-electron chi connectivity index (χ2n) is 5.84. The maximum absolute atomic E-state index is 12.9. The molecule has 0 fully saturated rings. The molecule has 0 saturated heterocycles. The number of amides is 1. The van der Waals surface area contributed by atoms with Crippen molar-refractivity contribution in [2.45, 2.75) is 6.92 Å². The highest BCUT2D eigenvalue weighted by atomic mass is 79.9. The maximum Gasteiger partial charge on any atom is 0.335 e. The molecule has 0 unspecified atom stereocenters. The molecule has 1 amide bonds. The predicted molar refractivity (Wildman–Crippen MR) is 107 cm³/mol. The van der Waals surface area contributed by atoms with Crippen LogP contribution < -0.4 is 9.75 Å². The van der Waals surface area contributed by atoms with Gasteiger partial charge in [0.25, 0.3) is 5.91 Å². The summed E-state index contributed by atoms with van der Waals surface area (Å²) in [4.78, 5) is 24.1. The third-order valence-electron chi connectivity index (χ3n) is 3.96. The van der Waals surface area contributed by atoms with Crippen LogP contribution in [-0.4, -0.2) is 29.3 Å². The normalized spacial score (nSPS) is 14.8. The minimum atomic E-state index is -1.08. The molecule has 1 aliphatic rings. The van der Waals surface area contributed by atoms with Crippen LogP contribution in [0.25, 0.3) is 6.08 Å². The highest BCUT2D eigenvalue weighted by molar-refractivity contribution is 9.10. The minimum absolute atomic E-state index is 0.0646. The molecule has 0 spiro atoms. The topological polar surface area (TPSA) is 103 Å². The summed E-state index contributed by atoms with van der Waals surface area (Å²) in [5.74, 6) is -1.01. The number of anilines is 1. The van der Waals surface area contributed by atoms with E-state index < -0.39 is 5.97 Å². The van der Waals surface area contributed by atoms with E-state index in [9.17, 15) is 9.59 Å². The van der Waals surface area contributed by atoms with Gasteiger partial charge >= 0.3 is 5.97 Å². The van der Waals surface area contributed by atoms with Crippen molar-refractivity contribution in [2.75, 3.05) is 11.6 Å². The van der Waals surface area contributed by atoms with Gasteiger partial charge in [-0.25, -0.2) is 4.79 Å². The van der Waals surface area contributed by atoms with Crippen molar-refractivity contribution in [2.24, 2.45) is 5.10 Å². The van der Waals surface area contributed by atoms with Gasteiger partial charge in [-0.3, -0.25) is 4.79 Å². The molecule has 2 aromatic rings. The van der Waals surface area contributed by atoms with Crippen LogP contribution in [0.15, 0.2) is 57.6 Å². The van der Waals surface area contributed by atoms with E-state index in [2.05, 4.69) is 21.0 Å². The fraction of sp³-hybridized carbons (Fsp3) is 0.100. The van der Waals surface area contributed by atoms with E-state index in [1.54, 1.807) is 43.3 Å². The van der Waals surface area contributed by atoms with Crippen LogP contribution in [0.1, 0.15) is 22.8 Å². The fourth-order valence-electron chi connectivity index (χ4n) is 2.66. The van der Waals surface area contributed by atoms with Crippen LogP contribution in [0.5, 0.6) is 5.75 Å². The lowest BCUT2D eigenvalue weighted by molar-refractivity contribution is -0.114. The first-order chi connectivity index (χ1) is 13.4. The second-order valence-corrected chi connectivity index (χ2v) is 6.76. The third kappa shape index (κ3) is 3.94. The Morgan fingerprint density at radius 2 is 2.14 bits per heavy atom. The van der Waals surface area contributed by atoms with Gasteiger partial charge in [-0.05, 0) is 49.4 Å². The van der Waals surface area contributed by atoms with E-state index in [-0.39, 0.29) is 18.1 Å². The number of carbonyl (C=O) groups is 2. The molecule has 0 radical (unpaired) electrons. The number of rotatable bonds is 5. The number of carbonyl (C=O) groups excluding carboxylic acids is 1. The van der Waals surface area contributed by atoms with Crippen molar-refractivity contribution >= 4 is 45.3 Å². The van der Waals surface area contributed by atoms with Gasteiger partial charge in [-0.15, -0.1) is 0 Å². The molecular weight excluding hydrogens is 426 g/mol. The molecule has 0 atom stereocenters. The number of aromatic carboxylic acids is 1. The second kappa shape index (κ2) is 8.06. The maximum atomic E-state index is 12.9. The average molecular weight is 440 g/mol. The van der Waals surface area contributed by atoms with Gasteiger partial charge in [0, 0.05) is 10.0 Å². The van der Waals surface area contributed by atoms with Crippen molar-refractivity contribution < 1.29 is 19.4 Å². The zero-order valence-electron chi connectivity index (χ0n) is 14.7. The largest absolute Gasteiger partial charge is 0.478 e. The molecule has 1 heterocycles. The van der Waals surface area contributed by atoms with E-state index >= 15 is 0 Å². The van der Waals surface area contributed by atoms with Crippen molar-refractivity contribution in [3.8, 4) is 11.8 Å². The van der Waals surface area contributed by atoms with Crippen molar-refractivity contribution in [1.82, 2.24) is 0 Å². The number of ether oxygens (including phenoxy) is 1. The minimum Gasteiger partial charge on any atom is -0.478 e. The van der Waals surface area contributed by atoms with Crippen LogP contribution in [0, 0.1) is 11.3 Å². The summed E-state index contributed by atoms with van der Waals surface area (Å²) in [6.45, 7) is 1.57. The van der Waals surface area contributed by atoms with E-state index in [0.29, 0.717) is 28.3 Å². The Balaban J connectivity index is 1.98. The molecule has 140 valence electrons. The molecule has 0 saturated carbocycles. The Bertz CT molecular complexity index is 1070. The molecule has 0 bridgehead atoms. The number of nitriles is 1. The summed E-state index contributed by atoms with van der Waals surface area (Å²) in [5.41, 5.74) is 1.87. The van der Waals surface area contributed by atoms with Crippen LogP contribution in [-0.2, 0) is 4.79 Å². The van der Waals surface area contributed by atoms with Gasteiger partial charge in [-0.1, -0.05) is 22.0 Å². The van der Waals surface area contributed by atoms with Gasteiger partial charge < -0.3 is 9.84 Å². The summed E-state index contributed by atoms with van der Waals surface area (Å²) >= 11 is 3.38. The monoisotopic (exact) mass is 439 g/mol. The lowest BCUT2D eigenvalue weighted by atomic mass is 10.1. The van der Waals surface area contributed by atoms with Gasteiger partial charge in [0.15, 0.2) is 6.61 Å². The first kappa shape index (κ1) is 19.3. The number of nitrogens with zero attached hydrogens (tertiary/aromatic N) is 3. The van der Waals surface area contributed by atoms with Crippen molar-refractivity contribution in [3.63, 3.8) is 0 Å². The summed E-state index contributed by atoms with van der Waals surface area (Å²) in [5, 5.41) is 23.3. The lowest BCUT2D eigenvalue weighted by Crippen LogP contribution is -2.21. The number of carboxylic acids is 1. The SMILES string of the molecule is CC1=NN(c2cccc(C(=O)O)c2)C(=O)/C1=C/c1cc(Br)ccc1OCC#N. The fourth-order valence-corrected chi connectivity index (χ4v) is 3.04. The summed E-state index contributed by atoms with van der Waals surface area (Å²) < 4.78 is 6.21. The summed E-state index contributed by atoms with van der Waals surface area (Å²) in [6, 6.07) is 13.2. The molecular formula is C20H14BrN3O4. The molecule has 28 heavy (non-hydrogen) atoms. The first-order valence-electron chi connectivity index (χ1n) is 8.15. The highest BCUT2D eigenvalue weighted by Crippen LogP contribution is 2.30. The Morgan fingerprint density at radius 1 is 1.36 bits per heavy atom. The molecule has 1 N–H and O–H groups in total. The molecule has 8 heteroatoms. The van der Waals surface area contributed by atoms with Crippen LogP contribution in [0.3, 0.4) is 0 Å². The van der Waals surface area contributed by atoms with E-state index in [1.807, 2.05) is 6.07 Å². The van der Waals surface area contributed by atoms with Crippen LogP contribution in [0.4, 0.5) is 5.69 Å². The molecule has 3 rings (SSSR count). The zero-order chi connectivity index (χ0) is 20.3. The van der Waals surface area contributed by atoms with Crippen molar-refractivity contribution in [1.29, 1.82) is 5.26 Å².